The van der Waals surface area contributed by atoms with E-state index in [1.54, 1.807) is 13.1 Å². The number of hydrogen-bond acceptors (Lipinski definition) is 6. The van der Waals surface area contributed by atoms with Crippen LogP contribution in [-0.2, 0) is 16.6 Å². The first-order valence-corrected chi connectivity index (χ1v) is 8.71. The van der Waals surface area contributed by atoms with Crippen LogP contribution in [0.4, 0.5) is 0 Å². The number of carboxylic acid groups (broad SMARTS) is 1. The number of aromatic carboxylic acids is 1. The van der Waals surface area contributed by atoms with Crippen LogP contribution in [-0.4, -0.2) is 24.5 Å². The van der Waals surface area contributed by atoms with Gasteiger partial charge in [-0.2, -0.15) is 0 Å². The molecule has 0 spiro atoms. The van der Waals surface area contributed by atoms with E-state index < -0.39 is 16.0 Å². The van der Waals surface area contributed by atoms with Gasteiger partial charge >= 0.3 is 5.97 Å². The molecule has 0 unspecified atom stereocenters. The molecule has 0 saturated carbocycles. The maximum absolute atomic E-state index is 12.2. The van der Waals surface area contributed by atoms with Crippen LogP contribution >= 0.6 is 22.7 Å². The minimum Gasteiger partial charge on any atom is -0.477 e. The first-order valence-electron chi connectivity index (χ1n) is 5.53. The molecule has 6 nitrogen and oxygen atoms in total. The third-order valence-electron chi connectivity index (χ3n) is 2.46. The number of rotatable bonds is 5. The van der Waals surface area contributed by atoms with Gasteiger partial charge in [0.05, 0.1) is 6.54 Å². The molecule has 0 amide bonds. The number of carboxylic acids is 1. The molecule has 0 radical (unpaired) electrons. The lowest BCUT2D eigenvalue weighted by atomic mass is 10.3. The third-order valence-corrected chi connectivity index (χ3v) is 6.18. The molecular formula is C11H12N2O4S3. The van der Waals surface area contributed by atoms with E-state index in [9.17, 15) is 13.2 Å². The molecule has 0 saturated heterocycles. The lowest BCUT2D eigenvalue weighted by molar-refractivity contribution is 0.0698. The number of hydrogen-bond donors (Lipinski definition) is 2. The van der Waals surface area contributed by atoms with E-state index in [1.807, 2.05) is 6.92 Å². The van der Waals surface area contributed by atoms with Crippen molar-refractivity contribution in [3.05, 3.63) is 31.9 Å². The van der Waals surface area contributed by atoms with Crippen molar-refractivity contribution in [2.24, 2.45) is 0 Å². The zero-order valence-electron chi connectivity index (χ0n) is 10.7. The summed E-state index contributed by atoms with van der Waals surface area (Å²) in [5.41, 5.74) is 0.426. The summed E-state index contributed by atoms with van der Waals surface area (Å²) in [6.45, 7) is 3.50. The molecule has 0 aromatic carbocycles. The third kappa shape index (κ3) is 3.06. The molecule has 20 heavy (non-hydrogen) atoms. The first-order chi connectivity index (χ1) is 9.31. The van der Waals surface area contributed by atoms with Gasteiger partial charge in [0, 0.05) is 11.1 Å². The van der Waals surface area contributed by atoms with Crippen molar-refractivity contribution in [1.29, 1.82) is 0 Å². The maximum atomic E-state index is 12.2. The summed E-state index contributed by atoms with van der Waals surface area (Å²) >= 11 is 2.29. The maximum Gasteiger partial charge on any atom is 0.347 e. The first kappa shape index (κ1) is 15.1. The van der Waals surface area contributed by atoms with Crippen LogP contribution in [0, 0.1) is 13.8 Å². The summed E-state index contributed by atoms with van der Waals surface area (Å²) in [4.78, 5) is 15.8. The number of aryl methyl sites for hydroxylation is 2. The molecule has 2 aromatic rings. The van der Waals surface area contributed by atoms with E-state index in [-0.39, 0.29) is 16.3 Å². The molecule has 108 valence electrons. The van der Waals surface area contributed by atoms with Crippen molar-refractivity contribution in [3.8, 4) is 0 Å². The van der Waals surface area contributed by atoms with Crippen LogP contribution in [0.5, 0.6) is 0 Å². The van der Waals surface area contributed by atoms with E-state index >= 15 is 0 Å². The van der Waals surface area contributed by atoms with Gasteiger partial charge in [-0.15, -0.1) is 22.7 Å². The number of nitrogens with zero attached hydrogens (tertiary/aromatic N) is 1. The van der Waals surface area contributed by atoms with Crippen LogP contribution in [0.15, 0.2) is 16.5 Å². The Bertz CT molecular complexity index is 746. The fourth-order valence-electron chi connectivity index (χ4n) is 1.63. The standard InChI is InChI=1S/C11H12N2O4S3/c1-6-5-18-9(11(14)15)10(6)20(16,17)13-4-8-12-3-7(2)19-8/h3,5,13H,4H2,1-2H3,(H,14,15). The van der Waals surface area contributed by atoms with Gasteiger partial charge < -0.3 is 5.11 Å². The highest BCUT2D eigenvalue weighted by molar-refractivity contribution is 7.89. The van der Waals surface area contributed by atoms with Gasteiger partial charge in [0.25, 0.3) is 0 Å². The zero-order chi connectivity index (χ0) is 14.9. The topological polar surface area (TPSA) is 96.4 Å². The Hall–Kier alpha value is -1.29. The molecule has 2 rings (SSSR count). The Labute approximate surface area is 124 Å². The average molecular weight is 332 g/mol. The predicted octanol–water partition coefficient (Wildman–Crippen LogP) is 2.00. The van der Waals surface area contributed by atoms with Gasteiger partial charge in [-0.1, -0.05) is 0 Å². The van der Waals surface area contributed by atoms with Crippen LogP contribution in [0.2, 0.25) is 0 Å². The Morgan fingerprint density at radius 3 is 2.70 bits per heavy atom. The molecule has 0 aliphatic heterocycles. The molecule has 2 heterocycles. The second-order valence-corrected chi connectivity index (χ2v) is 7.97. The predicted molar refractivity (Wildman–Crippen MR) is 76.9 cm³/mol. The molecule has 0 bridgehead atoms. The second kappa shape index (κ2) is 5.60. The number of sulfonamides is 1. The van der Waals surface area contributed by atoms with E-state index in [0.29, 0.717) is 10.6 Å². The molecule has 2 aromatic heterocycles. The molecular weight excluding hydrogens is 320 g/mol. The molecule has 0 aliphatic rings. The van der Waals surface area contributed by atoms with Crippen LogP contribution in [0.3, 0.4) is 0 Å². The quantitative estimate of drug-likeness (QED) is 0.873. The molecule has 0 atom stereocenters. The fraction of sp³-hybridized carbons (Fsp3) is 0.273. The molecule has 0 aliphatic carbocycles. The van der Waals surface area contributed by atoms with E-state index in [0.717, 1.165) is 16.2 Å². The van der Waals surface area contributed by atoms with Gasteiger partial charge in [0.1, 0.15) is 14.8 Å². The summed E-state index contributed by atoms with van der Waals surface area (Å²) in [7, 11) is -3.87. The van der Waals surface area contributed by atoms with Crippen molar-refractivity contribution >= 4 is 38.7 Å². The Morgan fingerprint density at radius 1 is 1.45 bits per heavy atom. The summed E-state index contributed by atoms with van der Waals surface area (Å²) in [6, 6.07) is 0. The highest BCUT2D eigenvalue weighted by Crippen LogP contribution is 2.27. The summed E-state index contributed by atoms with van der Waals surface area (Å²) in [6.07, 6.45) is 1.66. The molecule has 9 heteroatoms. The summed E-state index contributed by atoms with van der Waals surface area (Å²) in [5, 5.41) is 11.2. The number of carbonyl (C=O) groups is 1. The highest BCUT2D eigenvalue weighted by atomic mass is 32.2. The minimum atomic E-state index is -3.87. The lowest BCUT2D eigenvalue weighted by Crippen LogP contribution is -2.25. The second-order valence-electron chi connectivity index (χ2n) is 4.07. The highest BCUT2D eigenvalue weighted by Gasteiger charge is 2.26. The number of aromatic nitrogens is 1. The zero-order valence-corrected chi connectivity index (χ0v) is 13.2. The largest absolute Gasteiger partial charge is 0.477 e. The van der Waals surface area contributed by atoms with Crippen LogP contribution in [0.25, 0.3) is 0 Å². The van der Waals surface area contributed by atoms with Crippen LogP contribution in [0.1, 0.15) is 25.1 Å². The van der Waals surface area contributed by atoms with Crippen molar-refractivity contribution in [2.75, 3.05) is 0 Å². The Morgan fingerprint density at radius 2 is 2.15 bits per heavy atom. The van der Waals surface area contributed by atoms with Gasteiger partial charge in [0.2, 0.25) is 10.0 Å². The normalized spacial score (nSPS) is 11.7. The van der Waals surface area contributed by atoms with Crippen molar-refractivity contribution < 1.29 is 18.3 Å². The van der Waals surface area contributed by atoms with Gasteiger partial charge in [-0.25, -0.2) is 22.9 Å². The SMILES string of the molecule is Cc1cnc(CNS(=O)(=O)c2c(C)csc2C(=O)O)s1. The van der Waals surface area contributed by atoms with Crippen molar-refractivity contribution in [1.82, 2.24) is 9.71 Å². The van der Waals surface area contributed by atoms with Gasteiger partial charge in [0.15, 0.2) is 0 Å². The minimum absolute atomic E-state index is 0.0508. The molecule has 2 N–H and O–H groups in total. The Balaban J connectivity index is 2.27. The van der Waals surface area contributed by atoms with E-state index in [4.69, 9.17) is 5.11 Å². The van der Waals surface area contributed by atoms with Gasteiger partial charge in [-0.05, 0) is 24.8 Å². The fourth-order valence-corrected chi connectivity index (χ4v) is 5.06. The van der Waals surface area contributed by atoms with E-state index in [1.165, 1.54) is 16.7 Å². The monoisotopic (exact) mass is 332 g/mol. The van der Waals surface area contributed by atoms with E-state index in [2.05, 4.69) is 9.71 Å². The number of nitrogens with one attached hydrogen (secondary N) is 1. The average Bonchev–Trinajstić information content (AvgIpc) is 2.93. The van der Waals surface area contributed by atoms with Crippen LogP contribution < -0.4 is 4.72 Å². The summed E-state index contributed by atoms with van der Waals surface area (Å²) in [5.74, 6) is -1.24. The lowest BCUT2D eigenvalue weighted by Gasteiger charge is -2.06. The summed E-state index contributed by atoms with van der Waals surface area (Å²) < 4.78 is 26.8. The molecule has 0 fully saturated rings. The van der Waals surface area contributed by atoms with Crippen molar-refractivity contribution in [3.63, 3.8) is 0 Å². The number of thiazole rings is 1. The van der Waals surface area contributed by atoms with Gasteiger partial charge in [-0.3, -0.25) is 0 Å². The smallest absolute Gasteiger partial charge is 0.347 e. The number of thiophene rings is 1. The Kier molecular flexibility index (Phi) is 4.23. The van der Waals surface area contributed by atoms with Crippen molar-refractivity contribution in [2.45, 2.75) is 25.3 Å².